The Morgan fingerprint density at radius 3 is 2.85 bits per heavy atom. The number of nitrogens with zero attached hydrogens (tertiary/aromatic N) is 2. The van der Waals surface area contributed by atoms with Crippen LogP contribution in [0.1, 0.15) is 29.9 Å². The summed E-state index contributed by atoms with van der Waals surface area (Å²) in [5.74, 6) is -0.622. The second kappa shape index (κ2) is 8.00. The minimum atomic E-state index is -0.622. The van der Waals surface area contributed by atoms with Gasteiger partial charge in [0.1, 0.15) is 6.61 Å². The minimum absolute atomic E-state index is 0.0403. The fourth-order valence-electron chi connectivity index (χ4n) is 2.37. The topological polar surface area (TPSA) is 102 Å². The van der Waals surface area contributed by atoms with Gasteiger partial charge in [-0.25, -0.2) is 14.6 Å². The van der Waals surface area contributed by atoms with Crippen LogP contribution in [-0.2, 0) is 11.3 Å². The van der Waals surface area contributed by atoms with Crippen molar-refractivity contribution in [3.05, 3.63) is 63.5 Å². The molecule has 2 heterocycles. The van der Waals surface area contributed by atoms with Gasteiger partial charge in [-0.15, -0.1) is 11.3 Å². The fraction of sp³-hybridized carbons (Fsp3) is 0.222. The lowest BCUT2D eigenvalue weighted by Gasteiger charge is -2.13. The van der Waals surface area contributed by atoms with Crippen LogP contribution in [-0.4, -0.2) is 27.4 Å². The maximum absolute atomic E-state index is 12.4. The van der Waals surface area contributed by atoms with Crippen LogP contribution in [0, 0.1) is 0 Å². The van der Waals surface area contributed by atoms with Gasteiger partial charge in [-0.05, 0) is 26.0 Å². The highest BCUT2D eigenvalue weighted by Crippen LogP contribution is 2.17. The van der Waals surface area contributed by atoms with E-state index in [4.69, 9.17) is 4.74 Å². The lowest BCUT2D eigenvalue weighted by Crippen LogP contribution is -2.34. The monoisotopic (exact) mass is 386 g/mol. The molecule has 1 aromatic carbocycles. The van der Waals surface area contributed by atoms with E-state index in [1.165, 1.54) is 21.8 Å². The van der Waals surface area contributed by atoms with Crippen molar-refractivity contribution in [2.24, 2.45) is 0 Å². The molecule has 0 saturated heterocycles. The first-order valence-electron chi connectivity index (χ1n) is 8.23. The summed E-state index contributed by atoms with van der Waals surface area (Å²) in [6.07, 6.45) is 1.63. The molecule has 0 atom stereocenters. The highest BCUT2D eigenvalue weighted by molar-refractivity contribution is 7.15. The number of anilines is 1. The van der Waals surface area contributed by atoms with Crippen LogP contribution in [0.4, 0.5) is 10.5 Å². The third-order valence-corrected chi connectivity index (χ3v) is 4.28. The van der Waals surface area contributed by atoms with E-state index >= 15 is 0 Å². The summed E-state index contributed by atoms with van der Waals surface area (Å²) in [6.45, 7) is 3.52. The number of nitrogens with one attached hydrogen (secondary N) is 2. The Bertz CT molecular complexity index is 1040. The minimum Gasteiger partial charge on any atom is -0.456 e. The van der Waals surface area contributed by atoms with Crippen LogP contribution >= 0.6 is 11.3 Å². The van der Waals surface area contributed by atoms with Gasteiger partial charge in [0, 0.05) is 23.7 Å². The molecule has 0 spiro atoms. The Balaban J connectivity index is 1.72. The summed E-state index contributed by atoms with van der Waals surface area (Å²) in [6, 6.07) is 7.41. The highest BCUT2D eigenvalue weighted by atomic mass is 32.1. The zero-order valence-electron chi connectivity index (χ0n) is 14.8. The molecule has 0 unspecified atom stereocenters. The average Bonchev–Trinajstić information content (AvgIpc) is 3.08. The molecule has 0 radical (unpaired) electrons. The fourth-order valence-corrected chi connectivity index (χ4v) is 3.11. The molecule has 0 aliphatic carbocycles. The summed E-state index contributed by atoms with van der Waals surface area (Å²) in [7, 11) is 0. The molecule has 0 aliphatic rings. The quantitative estimate of drug-likeness (QED) is 0.657. The van der Waals surface area contributed by atoms with Gasteiger partial charge >= 0.3 is 12.0 Å². The third-order valence-electron chi connectivity index (χ3n) is 3.52. The van der Waals surface area contributed by atoms with Crippen molar-refractivity contribution in [3.63, 3.8) is 0 Å². The maximum Gasteiger partial charge on any atom is 0.340 e. The van der Waals surface area contributed by atoms with Gasteiger partial charge in [0.25, 0.3) is 5.56 Å². The smallest absolute Gasteiger partial charge is 0.340 e. The molecule has 3 aromatic rings. The first kappa shape index (κ1) is 18.6. The molecule has 2 aromatic heterocycles. The molecule has 8 nitrogen and oxygen atoms in total. The molecule has 2 amide bonds. The van der Waals surface area contributed by atoms with Crippen LogP contribution in [0.5, 0.6) is 0 Å². The van der Waals surface area contributed by atoms with E-state index in [1.54, 1.807) is 35.8 Å². The number of hydrogen-bond donors (Lipinski definition) is 2. The predicted molar refractivity (Wildman–Crippen MR) is 102 cm³/mol. The number of esters is 1. The van der Waals surface area contributed by atoms with Gasteiger partial charge < -0.3 is 15.4 Å². The third kappa shape index (κ3) is 4.50. The normalized spacial score (nSPS) is 10.8. The van der Waals surface area contributed by atoms with Crippen LogP contribution in [0.3, 0.4) is 0 Å². The molecule has 9 heteroatoms. The van der Waals surface area contributed by atoms with Crippen molar-refractivity contribution >= 4 is 34.0 Å². The Kier molecular flexibility index (Phi) is 5.51. The number of carbonyl (C=O) groups excluding carboxylic acids is 2. The van der Waals surface area contributed by atoms with E-state index in [9.17, 15) is 14.4 Å². The number of hydrogen-bond acceptors (Lipinski definition) is 6. The van der Waals surface area contributed by atoms with E-state index in [0.29, 0.717) is 16.3 Å². The van der Waals surface area contributed by atoms with Gasteiger partial charge in [0.2, 0.25) is 0 Å². The molecule has 3 rings (SSSR count). The number of thiazole rings is 1. The zero-order valence-corrected chi connectivity index (χ0v) is 15.6. The number of aromatic nitrogens is 2. The summed E-state index contributed by atoms with van der Waals surface area (Å²) < 4.78 is 6.70. The number of carbonyl (C=O) groups is 2. The van der Waals surface area contributed by atoms with Crippen molar-refractivity contribution in [3.8, 4) is 0 Å². The van der Waals surface area contributed by atoms with Gasteiger partial charge in [0.05, 0.1) is 16.9 Å². The standard InChI is InChI=1S/C18H18N4O4S/c1-11(2)19-17(25)21-14-6-4-3-5-13(14)16(24)26-10-12-9-15(23)22-7-8-27-18(22)20-12/h3-9,11H,10H2,1-2H3,(H2,19,21,25). The second-order valence-electron chi connectivity index (χ2n) is 6.02. The Hall–Kier alpha value is -3.20. The van der Waals surface area contributed by atoms with E-state index in [2.05, 4.69) is 15.6 Å². The molecule has 0 fully saturated rings. The van der Waals surface area contributed by atoms with Crippen molar-refractivity contribution in [1.29, 1.82) is 0 Å². The van der Waals surface area contributed by atoms with E-state index in [1.807, 2.05) is 13.8 Å². The Morgan fingerprint density at radius 1 is 1.30 bits per heavy atom. The van der Waals surface area contributed by atoms with Crippen molar-refractivity contribution < 1.29 is 14.3 Å². The van der Waals surface area contributed by atoms with Crippen molar-refractivity contribution in [2.75, 3.05) is 5.32 Å². The molecule has 0 aliphatic heterocycles. The van der Waals surface area contributed by atoms with Gasteiger partial charge in [-0.1, -0.05) is 12.1 Å². The Morgan fingerprint density at radius 2 is 2.07 bits per heavy atom. The number of ether oxygens (including phenoxy) is 1. The SMILES string of the molecule is CC(C)NC(=O)Nc1ccccc1C(=O)OCc1cc(=O)n2ccsc2n1. The van der Waals surface area contributed by atoms with Crippen LogP contribution in [0.15, 0.2) is 46.7 Å². The van der Waals surface area contributed by atoms with Crippen LogP contribution < -0.4 is 16.2 Å². The van der Waals surface area contributed by atoms with Crippen molar-refractivity contribution in [1.82, 2.24) is 14.7 Å². The maximum atomic E-state index is 12.4. The predicted octanol–water partition coefficient (Wildman–Crippen LogP) is 2.64. The van der Waals surface area contributed by atoms with E-state index in [0.717, 1.165) is 0 Å². The number of rotatable bonds is 5. The molecule has 2 N–H and O–H groups in total. The van der Waals surface area contributed by atoms with Gasteiger partial charge in [-0.2, -0.15) is 0 Å². The van der Waals surface area contributed by atoms with E-state index in [-0.39, 0.29) is 23.8 Å². The summed E-state index contributed by atoms with van der Waals surface area (Å²) >= 11 is 1.32. The summed E-state index contributed by atoms with van der Waals surface area (Å²) in [5, 5.41) is 7.07. The number of benzene rings is 1. The summed E-state index contributed by atoms with van der Waals surface area (Å²) in [4.78, 5) is 41.1. The molecular formula is C18H18N4O4S. The first-order chi connectivity index (χ1) is 12.9. The number of urea groups is 1. The molecule has 27 heavy (non-hydrogen) atoms. The molecular weight excluding hydrogens is 368 g/mol. The first-order valence-corrected chi connectivity index (χ1v) is 9.11. The largest absolute Gasteiger partial charge is 0.456 e. The van der Waals surface area contributed by atoms with E-state index < -0.39 is 12.0 Å². The van der Waals surface area contributed by atoms with Crippen LogP contribution in [0.2, 0.25) is 0 Å². The number of amides is 2. The zero-order chi connectivity index (χ0) is 19.4. The van der Waals surface area contributed by atoms with Crippen LogP contribution in [0.25, 0.3) is 4.96 Å². The summed E-state index contributed by atoms with van der Waals surface area (Å²) in [5.41, 5.74) is 0.672. The number of fused-ring (bicyclic) bond motifs is 1. The van der Waals surface area contributed by atoms with Gasteiger partial charge in [-0.3, -0.25) is 9.20 Å². The molecule has 0 saturated carbocycles. The average molecular weight is 386 g/mol. The van der Waals surface area contributed by atoms with Gasteiger partial charge in [0.15, 0.2) is 4.96 Å². The number of para-hydroxylation sites is 1. The molecule has 140 valence electrons. The van der Waals surface area contributed by atoms with Crippen molar-refractivity contribution in [2.45, 2.75) is 26.5 Å². The lowest BCUT2D eigenvalue weighted by atomic mass is 10.2. The lowest BCUT2D eigenvalue weighted by molar-refractivity contribution is 0.0469. The second-order valence-corrected chi connectivity index (χ2v) is 6.89. The Labute approximate surface area is 158 Å². The molecule has 0 bridgehead atoms. The highest BCUT2D eigenvalue weighted by Gasteiger charge is 2.15.